The molecule has 0 radical (unpaired) electrons. The molecule has 4 aromatic heterocycles. The summed E-state index contributed by atoms with van der Waals surface area (Å²) in [6, 6.07) is 12.4. The van der Waals surface area contributed by atoms with Crippen molar-refractivity contribution in [2.24, 2.45) is 0 Å². The minimum atomic E-state index is -0.406. The molecule has 1 aromatic carbocycles. The van der Waals surface area contributed by atoms with Crippen LogP contribution in [0.1, 0.15) is 24.4 Å². The summed E-state index contributed by atoms with van der Waals surface area (Å²) in [7, 11) is 0. The third kappa shape index (κ3) is 2.68. The van der Waals surface area contributed by atoms with Crippen LogP contribution < -0.4 is 10.9 Å². The first kappa shape index (κ1) is 17.6. The fourth-order valence-corrected chi connectivity index (χ4v) is 3.42. The fraction of sp³-hybridized carbons (Fsp3) is 0.100. The maximum Gasteiger partial charge on any atom is 0.283 e. The van der Waals surface area contributed by atoms with E-state index in [1.165, 1.54) is 15.4 Å². The van der Waals surface area contributed by atoms with Crippen LogP contribution in [0.5, 0.6) is 0 Å². The SMILES string of the molecule is C[C@H](Nc1ncnc2nc[nH]c12)c1nn2ccc(C#N)c2c(=O)n1-c1ccccc1. The minimum Gasteiger partial charge on any atom is -0.358 e. The van der Waals surface area contributed by atoms with Gasteiger partial charge in [-0.15, -0.1) is 0 Å². The van der Waals surface area contributed by atoms with Gasteiger partial charge in [-0.05, 0) is 25.1 Å². The summed E-state index contributed by atoms with van der Waals surface area (Å²) in [5, 5.41) is 17.3. The van der Waals surface area contributed by atoms with Gasteiger partial charge in [0.2, 0.25) is 0 Å². The zero-order chi connectivity index (χ0) is 20.7. The van der Waals surface area contributed by atoms with Crippen LogP contribution in [0.25, 0.3) is 22.4 Å². The maximum absolute atomic E-state index is 13.4. The molecular weight excluding hydrogens is 382 g/mol. The molecule has 0 unspecified atom stereocenters. The lowest BCUT2D eigenvalue weighted by atomic mass is 10.2. The molecule has 1 atom stereocenters. The van der Waals surface area contributed by atoms with E-state index in [2.05, 4.69) is 36.4 Å². The van der Waals surface area contributed by atoms with E-state index >= 15 is 0 Å². The summed E-state index contributed by atoms with van der Waals surface area (Å²) in [5.74, 6) is 1.01. The first-order valence-corrected chi connectivity index (χ1v) is 9.18. The van der Waals surface area contributed by atoms with Crippen molar-refractivity contribution in [2.45, 2.75) is 13.0 Å². The van der Waals surface area contributed by atoms with E-state index in [9.17, 15) is 10.1 Å². The fourth-order valence-electron chi connectivity index (χ4n) is 3.42. The van der Waals surface area contributed by atoms with Gasteiger partial charge in [-0.2, -0.15) is 10.4 Å². The summed E-state index contributed by atoms with van der Waals surface area (Å²) in [4.78, 5) is 29.0. The van der Waals surface area contributed by atoms with Crippen molar-refractivity contribution >= 4 is 22.5 Å². The van der Waals surface area contributed by atoms with Crippen molar-refractivity contribution in [1.29, 1.82) is 5.26 Å². The van der Waals surface area contributed by atoms with E-state index in [1.807, 2.05) is 37.3 Å². The number of anilines is 1. The molecule has 0 bridgehead atoms. The summed E-state index contributed by atoms with van der Waals surface area (Å²) in [6.45, 7) is 1.88. The van der Waals surface area contributed by atoms with Gasteiger partial charge in [0.1, 0.15) is 23.4 Å². The van der Waals surface area contributed by atoms with E-state index in [0.717, 1.165) is 0 Å². The number of rotatable bonds is 4. The average Bonchev–Trinajstić information content (AvgIpc) is 3.41. The van der Waals surface area contributed by atoms with E-state index in [-0.39, 0.29) is 16.6 Å². The van der Waals surface area contributed by atoms with Crippen molar-refractivity contribution in [3.05, 3.63) is 77.0 Å². The number of benzene rings is 1. The molecule has 0 saturated heterocycles. The number of H-pyrrole nitrogens is 1. The van der Waals surface area contributed by atoms with Gasteiger partial charge >= 0.3 is 0 Å². The summed E-state index contributed by atoms with van der Waals surface area (Å²) < 4.78 is 2.96. The van der Waals surface area contributed by atoms with E-state index in [0.29, 0.717) is 28.5 Å². The Morgan fingerprint density at radius 1 is 1.17 bits per heavy atom. The number of aromatic amines is 1. The molecule has 0 aliphatic carbocycles. The number of hydrogen-bond donors (Lipinski definition) is 2. The number of nitrogens with one attached hydrogen (secondary N) is 2. The highest BCUT2D eigenvalue weighted by Gasteiger charge is 2.21. The summed E-state index contributed by atoms with van der Waals surface area (Å²) in [5.41, 5.74) is 2.03. The predicted octanol–water partition coefficient (Wildman–Crippen LogP) is 2.20. The van der Waals surface area contributed by atoms with Gasteiger partial charge < -0.3 is 10.3 Å². The van der Waals surface area contributed by atoms with E-state index < -0.39 is 6.04 Å². The van der Waals surface area contributed by atoms with Crippen LogP contribution in [-0.2, 0) is 0 Å². The number of nitrogens with zero attached hydrogens (tertiary/aromatic N) is 7. The smallest absolute Gasteiger partial charge is 0.283 e. The summed E-state index contributed by atoms with van der Waals surface area (Å²) in [6.07, 6.45) is 4.57. The Bertz CT molecular complexity index is 1470. The van der Waals surface area contributed by atoms with Crippen molar-refractivity contribution < 1.29 is 0 Å². The molecule has 2 N–H and O–H groups in total. The lowest BCUT2D eigenvalue weighted by Crippen LogP contribution is -2.29. The molecule has 10 nitrogen and oxygen atoms in total. The van der Waals surface area contributed by atoms with Crippen LogP contribution in [-0.4, -0.2) is 34.1 Å². The second-order valence-corrected chi connectivity index (χ2v) is 6.66. The van der Waals surface area contributed by atoms with Crippen molar-refractivity contribution in [3.63, 3.8) is 0 Å². The molecular formula is C20H15N9O. The lowest BCUT2D eigenvalue weighted by Gasteiger charge is -2.19. The van der Waals surface area contributed by atoms with Gasteiger partial charge in [0.05, 0.1) is 23.6 Å². The highest BCUT2D eigenvalue weighted by Crippen LogP contribution is 2.22. The van der Waals surface area contributed by atoms with Crippen molar-refractivity contribution in [3.8, 4) is 11.8 Å². The van der Waals surface area contributed by atoms with Crippen LogP contribution in [0.3, 0.4) is 0 Å². The van der Waals surface area contributed by atoms with Gasteiger partial charge in [-0.3, -0.25) is 9.36 Å². The van der Waals surface area contributed by atoms with Crippen LogP contribution in [0.2, 0.25) is 0 Å². The topological polar surface area (TPSA) is 130 Å². The summed E-state index contributed by atoms with van der Waals surface area (Å²) >= 11 is 0. The number of fused-ring (bicyclic) bond motifs is 2. The molecule has 146 valence electrons. The molecule has 0 aliphatic rings. The first-order chi connectivity index (χ1) is 14.7. The molecule has 30 heavy (non-hydrogen) atoms. The third-order valence-electron chi connectivity index (χ3n) is 4.81. The number of aromatic nitrogens is 7. The number of imidazole rings is 1. The zero-order valence-corrected chi connectivity index (χ0v) is 15.8. The number of nitriles is 1. The number of para-hydroxylation sites is 1. The van der Waals surface area contributed by atoms with Crippen LogP contribution >= 0.6 is 0 Å². The molecule has 4 heterocycles. The Labute approximate surface area is 169 Å². The van der Waals surface area contributed by atoms with Crippen LogP contribution in [0, 0.1) is 11.3 Å². The Morgan fingerprint density at radius 3 is 2.80 bits per heavy atom. The van der Waals surface area contributed by atoms with Gasteiger partial charge in [0.25, 0.3) is 5.56 Å². The molecule has 0 fully saturated rings. The second kappa shape index (κ2) is 6.82. The monoisotopic (exact) mass is 397 g/mol. The highest BCUT2D eigenvalue weighted by atomic mass is 16.1. The van der Waals surface area contributed by atoms with Gasteiger partial charge in [0, 0.05) is 6.20 Å². The molecule has 10 heteroatoms. The quantitative estimate of drug-likeness (QED) is 0.475. The first-order valence-electron chi connectivity index (χ1n) is 9.18. The molecule has 5 rings (SSSR count). The molecule has 0 aliphatic heterocycles. The van der Waals surface area contributed by atoms with Gasteiger partial charge in [-0.1, -0.05) is 18.2 Å². The molecule has 0 spiro atoms. The largest absolute Gasteiger partial charge is 0.358 e. The molecule has 0 amide bonds. The predicted molar refractivity (Wildman–Crippen MR) is 109 cm³/mol. The highest BCUT2D eigenvalue weighted by molar-refractivity contribution is 5.82. The number of hydrogen-bond acceptors (Lipinski definition) is 7. The lowest BCUT2D eigenvalue weighted by molar-refractivity contribution is 0.673. The molecule has 0 saturated carbocycles. The van der Waals surface area contributed by atoms with Gasteiger partial charge in [0.15, 0.2) is 17.3 Å². The van der Waals surface area contributed by atoms with E-state index in [1.54, 1.807) is 18.6 Å². The Kier molecular flexibility index (Phi) is 4.00. The third-order valence-corrected chi connectivity index (χ3v) is 4.81. The standard InChI is InChI=1S/C20H15N9O/c1-12(26-18-15-17(23-10-22-15)24-11-25-18)19-27-28-8-7-13(9-21)16(28)20(30)29(19)14-5-3-2-4-6-14/h2-8,10-12H,1H3,(H2,22,23,24,25,26)/t12-/m0/s1. The van der Waals surface area contributed by atoms with Gasteiger partial charge in [-0.25, -0.2) is 19.5 Å². The zero-order valence-electron chi connectivity index (χ0n) is 15.8. The van der Waals surface area contributed by atoms with Crippen molar-refractivity contribution in [2.75, 3.05) is 5.32 Å². The van der Waals surface area contributed by atoms with E-state index in [4.69, 9.17) is 0 Å². The Hall–Kier alpha value is -4.52. The van der Waals surface area contributed by atoms with Crippen LogP contribution in [0.4, 0.5) is 5.82 Å². The second-order valence-electron chi connectivity index (χ2n) is 6.66. The van der Waals surface area contributed by atoms with Crippen LogP contribution in [0.15, 0.2) is 60.0 Å². The normalized spacial score (nSPS) is 12.1. The maximum atomic E-state index is 13.4. The Balaban J connectivity index is 1.71. The van der Waals surface area contributed by atoms with Crippen molar-refractivity contribution in [1.82, 2.24) is 34.1 Å². The average molecular weight is 397 g/mol. The Morgan fingerprint density at radius 2 is 2.00 bits per heavy atom. The molecule has 5 aromatic rings. The minimum absolute atomic E-state index is 0.232.